The Balaban J connectivity index is 1.79. The van der Waals surface area contributed by atoms with Gasteiger partial charge < -0.3 is 10.4 Å². The maximum Gasteiger partial charge on any atom is 0.254 e. The lowest BCUT2D eigenvalue weighted by Gasteiger charge is -2.17. The van der Waals surface area contributed by atoms with Crippen molar-refractivity contribution in [3.8, 4) is 0 Å². The molecule has 1 heterocycles. The Morgan fingerprint density at radius 1 is 1.65 bits per heavy atom. The Labute approximate surface area is 101 Å². The highest BCUT2D eigenvalue weighted by Crippen LogP contribution is 2.27. The summed E-state index contributed by atoms with van der Waals surface area (Å²) in [6, 6.07) is 0. The van der Waals surface area contributed by atoms with Gasteiger partial charge in [-0.05, 0) is 18.8 Å². The van der Waals surface area contributed by atoms with Gasteiger partial charge >= 0.3 is 0 Å². The summed E-state index contributed by atoms with van der Waals surface area (Å²) < 4.78 is 1.59. The van der Waals surface area contributed by atoms with Crippen molar-refractivity contribution in [1.29, 1.82) is 0 Å². The highest BCUT2D eigenvalue weighted by Gasteiger charge is 2.23. The standard InChI is InChI=1S/C12H19N3O2/c1-15-8-10(6-14-15)12(17)13-7-11(16)9-4-2-3-5-9/h6,8-9,11,16H,2-5,7H2,1H3,(H,13,17). The Hall–Kier alpha value is -1.36. The van der Waals surface area contributed by atoms with Crippen LogP contribution in [-0.4, -0.2) is 33.4 Å². The van der Waals surface area contributed by atoms with Crippen LogP contribution in [-0.2, 0) is 7.05 Å². The summed E-state index contributed by atoms with van der Waals surface area (Å²) in [5.41, 5.74) is 0.533. The SMILES string of the molecule is Cn1cc(C(=O)NCC(O)C2CCCC2)cn1. The first-order valence-electron chi connectivity index (χ1n) is 6.11. The van der Waals surface area contributed by atoms with Crippen LogP contribution in [0.25, 0.3) is 0 Å². The minimum atomic E-state index is -0.418. The lowest BCUT2D eigenvalue weighted by molar-refractivity contribution is 0.0840. The molecule has 5 nitrogen and oxygen atoms in total. The number of hydrogen-bond donors (Lipinski definition) is 2. The van der Waals surface area contributed by atoms with Gasteiger partial charge in [-0.1, -0.05) is 12.8 Å². The Morgan fingerprint density at radius 2 is 2.35 bits per heavy atom. The van der Waals surface area contributed by atoms with Crippen LogP contribution >= 0.6 is 0 Å². The molecular weight excluding hydrogens is 218 g/mol. The maximum atomic E-state index is 11.7. The molecule has 1 saturated carbocycles. The van der Waals surface area contributed by atoms with Crippen LogP contribution in [0.3, 0.4) is 0 Å². The predicted octanol–water partition coefficient (Wildman–Crippen LogP) is 0.701. The van der Waals surface area contributed by atoms with E-state index in [1.807, 2.05) is 0 Å². The molecule has 1 amide bonds. The van der Waals surface area contributed by atoms with Crippen molar-refractivity contribution >= 4 is 5.91 Å². The Kier molecular flexibility index (Phi) is 3.78. The molecule has 2 rings (SSSR count). The summed E-state index contributed by atoms with van der Waals surface area (Å²) in [4.78, 5) is 11.7. The fourth-order valence-corrected chi connectivity index (χ4v) is 2.35. The van der Waals surface area contributed by atoms with Crippen molar-refractivity contribution in [2.24, 2.45) is 13.0 Å². The van der Waals surface area contributed by atoms with Crippen LogP contribution in [0, 0.1) is 5.92 Å². The minimum absolute atomic E-state index is 0.171. The van der Waals surface area contributed by atoms with Crippen molar-refractivity contribution in [3.63, 3.8) is 0 Å². The topological polar surface area (TPSA) is 67.2 Å². The molecule has 1 fully saturated rings. The Morgan fingerprint density at radius 3 is 2.94 bits per heavy atom. The monoisotopic (exact) mass is 237 g/mol. The van der Waals surface area contributed by atoms with Crippen LogP contribution in [0.15, 0.2) is 12.4 Å². The molecule has 1 aliphatic carbocycles. The molecule has 0 spiro atoms. The van der Waals surface area contributed by atoms with Crippen molar-refractivity contribution in [3.05, 3.63) is 18.0 Å². The number of aromatic nitrogens is 2. The van der Waals surface area contributed by atoms with Crippen molar-refractivity contribution in [1.82, 2.24) is 15.1 Å². The molecule has 5 heteroatoms. The third kappa shape index (κ3) is 3.06. The molecule has 1 aromatic rings. The minimum Gasteiger partial charge on any atom is -0.391 e. The average molecular weight is 237 g/mol. The van der Waals surface area contributed by atoms with E-state index in [0.29, 0.717) is 18.0 Å². The molecule has 17 heavy (non-hydrogen) atoms. The average Bonchev–Trinajstić information content (AvgIpc) is 2.95. The van der Waals surface area contributed by atoms with Crippen molar-refractivity contribution in [2.45, 2.75) is 31.8 Å². The number of nitrogens with one attached hydrogen (secondary N) is 1. The zero-order chi connectivity index (χ0) is 12.3. The van der Waals surface area contributed by atoms with E-state index in [4.69, 9.17) is 0 Å². The third-order valence-electron chi connectivity index (χ3n) is 3.38. The van der Waals surface area contributed by atoms with E-state index >= 15 is 0 Å². The number of aryl methyl sites for hydroxylation is 1. The lowest BCUT2D eigenvalue weighted by Crippen LogP contribution is -2.35. The maximum absolute atomic E-state index is 11.7. The van der Waals surface area contributed by atoms with Gasteiger partial charge in [-0.2, -0.15) is 5.10 Å². The molecule has 1 atom stereocenters. The van der Waals surface area contributed by atoms with Gasteiger partial charge in [-0.3, -0.25) is 9.48 Å². The first kappa shape index (κ1) is 12.1. The number of rotatable bonds is 4. The molecule has 1 aliphatic rings. The van der Waals surface area contributed by atoms with Gasteiger partial charge in [0.2, 0.25) is 0 Å². The van der Waals surface area contributed by atoms with Crippen LogP contribution < -0.4 is 5.32 Å². The highest BCUT2D eigenvalue weighted by molar-refractivity contribution is 5.93. The fourth-order valence-electron chi connectivity index (χ4n) is 2.35. The normalized spacial score (nSPS) is 18.2. The van der Waals surface area contributed by atoms with Crippen LogP contribution in [0.4, 0.5) is 0 Å². The summed E-state index contributed by atoms with van der Waals surface area (Å²) in [5.74, 6) is 0.180. The number of aliphatic hydroxyl groups is 1. The molecular formula is C12H19N3O2. The molecule has 0 radical (unpaired) electrons. The Bertz CT molecular complexity index is 383. The smallest absolute Gasteiger partial charge is 0.254 e. The van der Waals surface area contributed by atoms with E-state index in [1.54, 1.807) is 17.9 Å². The van der Waals surface area contributed by atoms with E-state index in [2.05, 4.69) is 10.4 Å². The van der Waals surface area contributed by atoms with Gasteiger partial charge in [0, 0.05) is 19.8 Å². The first-order chi connectivity index (χ1) is 8.16. The molecule has 1 aromatic heterocycles. The van der Waals surface area contributed by atoms with Crippen molar-refractivity contribution in [2.75, 3.05) is 6.54 Å². The van der Waals surface area contributed by atoms with Gasteiger partial charge in [0.05, 0.1) is 17.9 Å². The second kappa shape index (κ2) is 5.31. The molecule has 2 N–H and O–H groups in total. The fraction of sp³-hybridized carbons (Fsp3) is 0.667. The zero-order valence-corrected chi connectivity index (χ0v) is 10.1. The van der Waals surface area contributed by atoms with E-state index in [0.717, 1.165) is 12.8 Å². The summed E-state index contributed by atoms with van der Waals surface area (Å²) in [7, 11) is 1.77. The van der Waals surface area contributed by atoms with E-state index in [1.165, 1.54) is 19.0 Å². The first-order valence-corrected chi connectivity index (χ1v) is 6.11. The number of carbonyl (C=O) groups is 1. The van der Waals surface area contributed by atoms with E-state index < -0.39 is 6.10 Å². The van der Waals surface area contributed by atoms with Crippen molar-refractivity contribution < 1.29 is 9.90 Å². The molecule has 0 bridgehead atoms. The van der Waals surface area contributed by atoms with Crippen LogP contribution in [0.1, 0.15) is 36.0 Å². The molecule has 94 valence electrons. The van der Waals surface area contributed by atoms with E-state index in [-0.39, 0.29) is 5.91 Å². The molecule has 0 saturated heterocycles. The quantitative estimate of drug-likeness (QED) is 0.810. The second-order valence-corrected chi connectivity index (χ2v) is 4.72. The van der Waals surface area contributed by atoms with Gasteiger partial charge in [-0.25, -0.2) is 0 Å². The van der Waals surface area contributed by atoms with Crippen LogP contribution in [0.2, 0.25) is 0 Å². The predicted molar refractivity (Wildman–Crippen MR) is 63.5 cm³/mol. The largest absolute Gasteiger partial charge is 0.391 e. The van der Waals surface area contributed by atoms with Crippen LogP contribution in [0.5, 0.6) is 0 Å². The summed E-state index contributed by atoms with van der Waals surface area (Å²) in [6.07, 6.45) is 7.30. The number of aliphatic hydroxyl groups excluding tert-OH is 1. The lowest BCUT2D eigenvalue weighted by atomic mass is 10.0. The van der Waals surface area contributed by atoms with Gasteiger partial charge in [0.1, 0.15) is 0 Å². The molecule has 0 aromatic carbocycles. The zero-order valence-electron chi connectivity index (χ0n) is 10.1. The number of hydrogen-bond acceptors (Lipinski definition) is 3. The summed E-state index contributed by atoms with van der Waals surface area (Å²) in [6.45, 7) is 0.332. The third-order valence-corrected chi connectivity index (χ3v) is 3.38. The number of carbonyl (C=O) groups excluding carboxylic acids is 1. The second-order valence-electron chi connectivity index (χ2n) is 4.72. The van der Waals surface area contributed by atoms with Gasteiger partial charge in [0.25, 0.3) is 5.91 Å². The molecule has 0 aliphatic heterocycles. The summed E-state index contributed by atoms with van der Waals surface area (Å²) in [5, 5.41) is 16.6. The molecule has 1 unspecified atom stereocenters. The highest BCUT2D eigenvalue weighted by atomic mass is 16.3. The number of amides is 1. The van der Waals surface area contributed by atoms with Gasteiger partial charge in [0.15, 0.2) is 0 Å². The van der Waals surface area contributed by atoms with E-state index in [9.17, 15) is 9.90 Å². The number of nitrogens with zero attached hydrogens (tertiary/aromatic N) is 2. The summed E-state index contributed by atoms with van der Waals surface area (Å²) >= 11 is 0. The van der Waals surface area contributed by atoms with Gasteiger partial charge in [-0.15, -0.1) is 0 Å².